The third-order valence-electron chi connectivity index (χ3n) is 2.80. The minimum absolute atomic E-state index is 0.00884. The Morgan fingerprint density at radius 1 is 1.60 bits per heavy atom. The molecule has 0 saturated heterocycles. The highest BCUT2D eigenvalue weighted by Gasteiger charge is 2.27. The summed E-state index contributed by atoms with van der Waals surface area (Å²) >= 11 is 6.05. The number of nitrogens with one attached hydrogen (secondary N) is 1. The van der Waals surface area contributed by atoms with E-state index in [2.05, 4.69) is 5.32 Å². The Bertz CT molecular complexity index is 417. The first-order valence-corrected chi connectivity index (χ1v) is 5.30. The SMILES string of the molecule is Cc1ccc(Cl)c2c1C(CN)CC(=O)N2. The fraction of sp³-hybridized carbons (Fsp3) is 0.364. The molecule has 3 N–H and O–H groups in total. The van der Waals surface area contributed by atoms with Crippen LogP contribution in [0.4, 0.5) is 5.69 Å². The number of nitrogens with two attached hydrogens (primary N) is 1. The van der Waals surface area contributed by atoms with Crippen LogP contribution in [-0.4, -0.2) is 12.5 Å². The van der Waals surface area contributed by atoms with Crippen LogP contribution in [0.3, 0.4) is 0 Å². The molecular formula is C11H13ClN2O. The van der Waals surface area contributed by atoms with Crippen LogP contribution in [-0.2, 0) is 4.79 Å². The quantitative estimate of drug-likeness (QED) is 0.767. The monoisotopic (exact) mass is 224 g/mol. The fourth-order valence-electron chi connectivity index (χ4n) is 2.07. The van der Waals surface area contributed by atoms with Crippen molar-refractivity contribution in [3.63, 3.8) is 0 Å². The van der Waals surface area contributed by atoms with Crippen molar-refractivity contribution in [1.82, 2.24) is 0 Å². The van der Waals surface area contributed by atoms with Gasteiger partial charge in [-0.25, -0.2) is 0 Å². The molecule has 1 unspecified atom stereocenters. The molecule has 15 heavy (non-hydrogen) atoms. The van der Waals surface area contributed by atoms with Crippen LogP contribution in [0.15, 0.2) is 12.1 Å². The Morgan fingerprint density at radius 2 is 2.33 bits per heavy atom. The van der Waals surface area contributed by atoms with Crippen LogP contribution in [0.25, 0.3) is 0 Å². The summed E-state index contributed by atoms with van der Waals surface area (Å²) in [5.41, 5.74) is 8.63. The summed E-state index contributed by atoms with van der Waals surface area (Å²) in [5, 5.41) is 3.39. The number of rotatable bonds is 1. The zero-order valence-corrected chi connectivity index (χ0v) is 9.27. The minimum Gasteiger partial charge on any atom is -0.330 e. The van der Waals surface area contributed by atoms with Gasteiger partial charge in [0.1, 0.15) is 0 Å². The first kappa shape index (κ1) is 10.5. The molecule has 3 nitrogen and oxygen atoms in total. The molecule has 0 radical (unpaired) electrons. The number of carbonyl (C=O) groups is 1. The molecule has 1 aliphatic rings. The maximum Gasteiger partial charge on any atom is 0.225 e. The normalized spacial score (nSPS) is 19.7. The molecule has 0 aromatic heterocycles. The van der Waals surface area contributed by atoms with Crippen LogP contribution in [0, 0.1) is 6.92 Å². The molecule has 0 fully saturated rings. The van der Waals surface area contributed by atoms with Crippen molar-refractivity contribution in [1.29, 1.82) is 0 Å². The van der Waals surface area contributed by atoms with Crippen molar-refractivity contribution in [2.45, 2.75) is 19.3 Å². The van der Waals surface area contributed by atoms with Crippen molar-refractivity contribution in [3.8, 4) is 0 Å². The van der Waals surface area contributed by atoms with E-state index >= 15 is 0 Å². The lowest BCUT2D eigenvalue weighted by Gasteiger charge is -2.27. The summed E-state index contributed by atoms with van der Waals surface area (Å²) < 4.78 is 0. The predicted octanol–water partition coefficient (Wildman–Crippen LogP) is 2.03. The molecule has 80 valence electrons. The highest BCUT2D eigenvalue weighted by atomic mass is 35.5. The van der Waals surface area contributed by atoms with E-state index in [9.17, 15) is 4.79 Å². The highest BCUT2D eigenvalue weighted by Crippen LogP contribution is 2.38. The predicted molar refractivity (Wildman–Crippen MR) is 61.2 cm³/mol. The number of hydrogen-bond acceptors (Lipinski definition) is 2. The number of hydrogen-bond donors (Lipinski definition) is 2. The number of anilines is 1. The van der Waals surface area contributed by atoms with Crippen molar-refractivity contribution >= 4 is 23.2 Å². The van der Waals surface area contributed by atoms with E-state index in [0.29, 0.717) is 18.0 Å². The summed E-state index contributed by atoms with van der Waals surface area (Å²) in [6.07, 6.45) is 0.449. The van der Waals surface area contributed by atoms with Crippen molar-refractivity contribution < 1.29 is 4.79 Å². The highest BCUT2D eigenvalue weighted by molar-refractivity contribution is 6.34. The Balaban J connectivity index is 2.59. The molecule has 1 heterocycles. The van der Waals surface area contributed by atoms with Gasteiger partial charge < -0.3 is 11.1 Å². The van der Waals surface area contributed by atoms with E-state index < -0.39 is 0 Å². The Kier molecular flexibility index (Phi) is 2.67. The largest absolute Gasteiger partial charge is 0.330 e. The summed E-state index contributed by atoms with van der Waals surface area (Å²) in [6, 6.07) is 3.76. The van der Waals surface area contributed by atoms with E-state index in [-0.39, 0.29) is 11.8 Å². The second-order valence-corrected chi connectivity index (χ2v) is 4.25. The lowest BCUT2D eigenvalue weighted by atomic mass is 9.87. The molecule has 1 amide bonds. The van der Waals surface area contributed by atoms with Crippen LogP contribution in [0.1, 0.15) is 23.5 Å². The van der Waals surface area contributed by atoms with Gasteiger partial charge in [0.25, 0.3) is 0 Å². The van der Waals surface area contributed by atoms with Gasteiger partial charge in [0.15, 0.2) is 0 Å². The molecule has 4 heteroatoms. The molecule has 0 bridgehead atoms. The third-order valence-corrected chi connectivity index (χ3v) is 3.12. The Hall–Kier alpha value is -1.06. The number of carbonyl (C=O) groups excluding carboxylic acids is 1. The van der Waals surface area contributed by atoms with E-state index in [1.54, 1.807) is 6.07 Å². The fourth-order valence-corrected chi connectivity index (χ4v) is 2.28. The first-order valence-electron chi connectivity index (χ1n) is 4.92. The summed E-state index contributed by atoms with van der Waals surface area (Å²) in [6.45, 7) is 2.48. The zero-order valence-electron chi connectivity index (χ0n) is 8.51. The average molecular weight is 225 g/mol. The van der Waals surface area contributed by atoms with Gasteiger partial charge in [-0.2, -0.15) is 0 Å². The van der Waals surface area contributed by atoms with Crippen molar-refractivity contribution in [2.75, 3.05) is 11.9 Å². The van der Waals surface area contributed by atoms with Crippen LogP contribution < -0.4 is 11.1 Å². The van der Waals surface area contributed by atoms with Crippen molar-refractivity contribution in [3.05, 3.63) is 28.3 Å². The van der Waals surface area contributed by atoms with Gasteiger partial charge >= 0.3 is 0 Å². The number of aryl methyl sites for hydroxylation is 1. The zero-order chi connectivity index (χ0) is 11.0. The van der Waals surface area contributed by atoms with Crippen LogP contribution in [0.5, 0.6) is 0 Å². The number of amides is 1. The molecule has 0 spiro atoms. The van der Waals surface area contributed by atoms with Gasteiger partial charge in [-0.05, 0) is 30.7 Å². The van der Waals surface area contributed by atoms with Gasteiger partial charge in [-0.1, -0.05) is 17.7 Å². The van der Waals surface area contributed by atoms with E-state index in [1.807, 2.05) is 13.0 Å². The van der Waals surface area contributed by atoms with E-state index in [4.69, 9.17) is 17.3 Å². The molecule has 0 saturated carbocycles. The maximum absolute atomic E-state index is 11.4. The van der Waals surface area contributed by atoms with Crippen molar-refractivity contribution in [2.24, 2.45) is 5.73 Å². The van der Waals surface area contributed by atoms with Gasteiger partial charge in [0.05, 0.1) is 10.7 Å². The maximum atomic E-state index is 11.4. The Morgan fingerprint density at radius 3 is 3.00 bits per heavy atom. The second-order valence-electron chi connectivity index (χ2n) is 3.84. The molecule has 1 aliphatic heterocycles. The van der Waals surface area contributed by atoms with Gasteiger partial charge in [0, 0.05) is 12.3 Å². The number of fused-ring (bicyclic) bond motifs is 1. The molecule has 1 atom stereocenters. The van der Waals surface area contributed by atoms with E-state index in [0.717, 1.165) is 16.8 Å². The molecule has 2 rings (SSSR count). The number of benzene rings is 1. The van der Waals surface area contributed by atoms with E-state index in [1.165, 1.54) is 0 Å². The summed E-state index contributed by atoms with van der Waals surface area (Å²) in [7, 11) is 0. The standard InChI is InChI=1S/C11H13ClN2O/c1-6-2-3-8(12)11-10(6)7(5-13)4-9(15)14-11/h2-3,7H,4-5,13H2,1H3,(H,14,15). The smallest absolute Gasteiger partial charge is 0.225 e. The second kappa shape index (κ2) is 3.83. The topological polar surface area (TPSA) is 55.1 Å². The third kappa shape index (κ3) is 1.73. The first-order chi connectivity index (χ1) is 7.13. The molecule has 1 aromatic carbocycles. The summed E-state index contributed by atoms with van der Waals surface area (Å²) in [5.74, 6) is 0.0814. The number of halogens is 1. The van der Waals surface area contributed by atoms with Crippen LogP contribution >= 0.6 is 11.6 Å². The summed E-state index contributed by atoms with van der Waals surface area (Å²) in [4.78, 5) is 11.4. The van der Waals surface area contributed by atoms with Crippen LogP contribution in [0.2, 0.25) is 5.02 Å². The average Bonchev–Trinajstić information content (AvgIpc) is 2.22. The van der Waals surface area contributed by atoms with Gasteiger partial charge in [-0.15, -0.1) is 0 Å². The van der Waals surface area contributed by atoms with Gasteiger partial charge in [0.2, 0.25) is 5.91 Å². The Labute approximate surface area is 93.6 Å². The van der Waals surface area contributed by atoms with Gasteiger partial charge in [-0.3, -0.25) is 4.79 Å². The lowest BCUT2D eigenvalue weighted by Crippen LogP contribution is -2.28. The molecular weight excluding hydrogens is 212 g/mol. The molecule has 1 aromatic rings. The minimum atomic E-state index is -0.00884. The molecule has 0 aliphatic carbocycles. The lowest BCUT2D eigenvalue weighted by molar-refractivity contribution is -0.116.